The van der Waals surface area contributed by atoms with Crippen LogP contribution < -0.4 is 10.0 Å². The van der Waals surface area contributed by atoms with E-state index in [1.165, 1.54) is 52.2 Å². The van der Waals surface area contributed by atoms with Gasteiger partial charge in [-0.15, -0.1) is 0 Å². The highest BCUT2D eigenvalue weighted by atomic mass is 32.2. The van der Waals surface area contributed by atoms with Crippen molar-refractivity contribution in [2.45, 2.75) is 25.4 Å². The van der Waals surface area contributed by atoms with E-state index in [-0.39, 0.29) is 23.2 Å². The van der Waals surface area contributed by atoms with Crippen LogP contribution in [0.15, 0.2) is 53.8 Å². The minimum absolute atomic E-state index is 0.0118. The normalized spacial score (nSPS) is 11.3. The van der Waals surface area contributed by atoms with Gasteiger partial charge in [0.05, 0.1) is 4.90 Å². The molecular weight excluding hydrogens is 480 g/mol. The fourth-order valence-corrected chi connectivity index (χ4v) is 3.95. The number of amides is 1. The fraction of sp³-hybridized carbons (Fsp3) is 0.158. The van der Waals surface area contributed by atoms with Crippen LogP contribution in [-0.2, 0) is 16.7 Å². The highest BCUT2D eigenvalue weighted by Crippen LogP contribution is 2.17. The molecule has 0 saturated heterocycles. The zero-order valence-corrected chi connectivity index (χ0v) is 19.2. The number of sulfonamides is 1. The van der Waals surface area contributed by atoms with Gasteiger partial charge in [0, 0.05) is 28.4 Å². The lowest BCUT2D eigenvalue weighted by molar-refractivity contribution is -0.394. The summed E-state index contributed by atoms with van der Waals surface area (Å²) in [7, 11) is -3.93. The lowest BCUT2D eigenvalue weighted by atomic mass is 10.3. The van der Waals surface area contributed by atoms with Crippen LogP contribution in [0.25, 0.3) is 0 Å². The maximum Gasteiger partial charge on any atom is 0.491 e. The van der Waals surface area contributed by atoms with Crippen LogP contribution >= 0.6 is 0 Å². The van der Waals surface area contributed by atoms with Crippen LogP contribution in [0, 0.1) is 24.0 Å². The summed E-state index contributed by atoms with van der Waals surface area (Å²) < 4.78 is 30.1. The van der Waals surface area contributed by atoms with Crippen molar-refractivity contribution in [1.29, 1.82) is 0 Å². The van der Waals surface area contributed by atoms with Gasteiger partial charge in [-0.1, -0.05) is 4.98 Å². The average Bonchev–Trinajstić information content (AvgIpc) is 3.43. The summed E-state index contributed by atoms with van der Waals surface area (Å²) in [6, 6.07) is 8.70. The summed E-state index contributed by atoms with van der Waals surface area (Å²) in [5, 5.41) is 21.1. The predicted molar refractivity (Wildman–Crippen MR) is 121 cm³/mol. The van der Waals surface area contributed by atoms with Crippen molar-refractivity contribution in [3.05, 3.63) is 76.1 Å². The first kappa shape index (κ1) is 23.4. The number of nitrogens with one attached hydrogen (secondary N) is 2. The zero-order valence-electron chi connectivity index (χ0n) is 18.4. The molecule has 16 heteroatoms. The second kappa shape index (κ2) is 9.26. The van der Waals surface area contributed by atoms with E-state index < -0.39 is 26.8 Å². The molecule has 0 saturated carbocycles. The van der Waals surface area contributed by atoms with Crippen molar-refractivity contribution in [2.75, 3.05) is 10.0 Å². The molecule has 4 rings (SSSR count). The van der Waals surface area contributed by atoms with Crippen LogP contribution in [0.5, 0.6) is 0 Å². The third-order valence-corrected chi connectivity index (χ3v) is 5.83. The molecule has 0 unspecified atom stereocenters. The van der Waals surface area contributed by atoms with E-state index in [4.69, 9.17) is 0 Å². The maximum atomic E-state index is 12.6. The number of nitrogens with zero attached hydrogens (tertiary/aromatic N) is 8. The molecule has 0 atom stereocenters. The summed E-state index contributed by atoms with van der Waals surface area (Å²) >= 11 is 0. The van der Waals surface area contributed by atoms with Gasteiger partial charge in [-0.2, -0.15) is 9.78 Å². The number of aryl methyl sites for hydroxylation is 2. The van der Waals surface area contributed by atoms with E-state index in [0.717, 1.165) is 0 Å². The van der Waals surface area contributed by atoms with Crippen molar-refractivity contribution >= 4 is 33.5 Å². The molecule has 0 spiro atoms. The Bertz CT molecular complexity index is 1490. The molecule has 3 heterocycles. The Morgan fingerprint density at radius 1 is 1.06 bits per heavy atom. The van der Waals surface area contributed by atoms with Gasteiger partial charge >= 0.3 is 5.95 Å². The summed E-state index contributed by atoms with van der Waals surface area (Å²) in [5.41, 5.74) is 1.67. The second-order valence-corrected chi connectivity index (χ2v) is 8.96. The highest BCUT2D eigenvalue weighted by Gasteiger charge is 2.18. The molecule has 0 radical (unpaired) electrons. The molecule has 0 fully saturated rings. The van der Waals surface area contributed by atoms with Crippen LogP contribution in [0.2, 0.25) is 0 Å². The largest absolute Gasteiger partial charge is 0.491 e. The quantitative estimate of drug-likeness (QED) is 0.264. The molecule has 0 aliphatic heterocycles. The van der Waals surface area contributed by atoms with E-state index in [2.05, 4.69) is 35.2 Å². The van der Waals surface area contributed by atoms with Gasteiger partial charge in [-0.25, -0.2) is 27.8 Å². The lowest BCUT2D eigenvalue weighted by Gasteiger charge is -2.09. The number of nitro groups is 1. The van der Waals surface area contributed by atoms with Crippen molar-refractivity contribution in [2.24, 2.45) is 0 Å². The van der Waals surface area contributed by atoms with E-state index in [9.17, 15) is 23.3 Å². The van der Waals surface area contributed by atoms with Crippen molar-refractivity contribution in [1.82, 2.24) is 34.5 Å². The van der Waals surface area contributed by atoms with Crippen LogP contribution in [-0.4, -0.2) is 53.8 Å². The molecule has 2 N–H and O–H groups in total. The van der Waals surface area contributed by atoms with Gasteiger partial charge in [-0.05, 0) is 55.2 Å². The monoisotopic (exact) mass is 498 g/mol. The SMILES string of the molecule is Cc1cc(C)nc(NS(=O)(=O)c2ccc(NC(=O)c3ccn(Cn4cnc([N+](=O)[O-])n4)n3)cc2)n1. The topological polar surface area (TPSA) is 193 Å². The van der Waals surface area contributed by atoms with E-state index in [1.807, 2.05) is 0 Å². The van der Waals surface area contributed by atoms with Gasteiger partial charge in [-0.3, -0.25) is 4.79 Å². The van der Waals surface area contributed by atoms with Crippen LogP contribution in [0.3, 0.4) is 0 Å². The van der Waals surface area contributed by atoms with Crippen molar-refractivity contribution in [3.8, 4) is 0 Å². The van der Waals surface area contributed by atoms with E-state index >= 15 is 0 Å². The molecule has 3 aromatic heterocycles. The molecule has 0 aliphatic carbocycles. The van der Waals surface area contributed by atoms with Crippen LogP contribution in [0.4, 0.5) is 17.6 Å². The molecule has 0 aliphatic rings. The molecular formula is C19H18N10O5S. The number of aromatic nitrogens is 7. The number of rotatable bonds is 8. The Balaban J connectivity index is 1.40. The van der Waals surface area contributed by atoms with Gasteiger partial charge in [0.2, 0.25) is 12.3 Å². The Hall–Kier alpha value is -4.73. The number of hydrogen-bond acceptors (Lipinski definition) is 10. The standard InChI is InChI=1S/C19H18N10O5S/c1-12-9-13(2)22-18(21-12)26-35(33,34)15-5-3-14(4-6-15)23-17(30)16-7-8-27(24-16)11-28-10-20-19(25-28)29(31)32/h3-10H,11H2,1-2H3,(H,23,30)(H,21,22,26). The molecule has 4 aromatic rings. The Kier molecular flexibility index (Phi) is 6.20. The van der Waals surface area contributed by atoms with Crippen molar-refractivity contribution < 1.29 is 18.1 Å². The van der Waals surface area contributed by atoms with Gasteiger partial charge in [0.15, 0.2) is 12.4 Å². The number of anilines is 2. The number of carbonyl (C=O) groups is 1. The maximum absolute atomic E-state index is 12.6. The Labute approximate surface area is 198 Å². The lowest BCUT2D eigenvalue weighted by Crippen LogP contribution is -2.16. The predicted octanol–water partition coefficient (Wildman–Crippen LogP) is 1.35. The third-order valence-electron chi connectivity index (χ3n) is 4.48. The molecule has 180 valence electrons. The smallest absolute Gasteiger partial charge is 0.390 e. The zero-order chi connectivity index (χ0) is 25.2. The first-order valence-corrected chi connectivity index (χ1v) is 11.4. The Morgan fingerprint density at radius 3 is 2.37 bits per heavy atom. The minimum Gasteiger partial charge on any atom is -0.390 e. The Morgan fingerprint density at radius 2 is 1.74 bits per heavy atom. The van der Waals surface area contributed by atoms with Crippen LogP contribution in [0.1, 0.15) is 21.9 Å². The van der Waals surface area contributed by atoms with Gasteiger partial charge in [0.25, 0.3) is 15.9 Å². The van der Waals surface area contributed by atoms with Crippen molar-refractivity contribution in [3.63, 3.8) is 0 Å². The van der Waals surface area contributed by atoms with Gasteiger partial charge in [0.1, 0.15) is 0 Å². The summed E-state index contributed by atoms with van der Waals surface area (Å²) in [6.45, 7) is 3.47. The average molecular weight is 498 g/mol. The molecule has 1 aromatic carbocycles. The fourth-order valence-electron chi connectivity index (χ4n) is 3.01. The first-order valence-electron chi connectivity index (χ1n) is 9.93. The number of hydrogen-bond donors (Lipinski definition) is 2. The molecule has 15 nitrogen and oxygen atoms in total. The first-order chi connectivity index (χ1) is 16.6. The van der Waals surface area contributed by atoms with E-state index in [0.29, 0.717) is 17.1 Å². The third kappa shape index (κ3) is 5.61. The molecule has 35 heavy (non-hydrogen) atoms. The minimum atomic E-state index is -3.93. The second-order valence-electron chi connectivity index (χ2n) is 7.28. The number of carbonyl (C=O) groups excluding carboxylic acids is 1. The molecule has 0 bridgehead atoms. The van der Waals surface area contributed by atoms with Gasteiger partial charge < -0.3 is 15.4 Å². The van der Waals surface area contributed by atoms with E-state index in [1.54, 1.807) is 19.9 Å². The highest BCUT2D eigenvalue weighted by molar-refractivity contribution is 7.92. The summed E-state index contributed by atoms with van der Waals surface area (Å²) in [4.78, 5) is 34.1. The summed E-state index contributed by atoms with van der Waals surface area (Å²) in [5.74, 6) is -1.11. The molecule has 1 amide bonds. The number of benzene rings is 1. The summed E-state index contributed by atoms with van der Waals surface area (Å²) in [6.07, 6.45) is 2.68.